The average Bonchev–Trinajstić information content (AvgIpc) is 2.53. The van der Waals surface area contributed by atoms with Gasteiger partial charge in [-0.3, -0.25) is 9.36 Å². The maximum Gasteiger partial charge on any atom is 0.262 e. The van der Waals surface area contributed by atoms with Crippen LogP contribution in [0.15, 0.2) is 40.2 Å². The van der Waals surface area contributed by atoms with Gasteiger partial charge in [0.15, 0.2) is 0 Å². The molecule has 1 aromatic carbocycles. The highest BCUT2D eigenvalue weighted by atomic mass is 16.3. The van der Waals surface area contributed by atoms with Crippen molar-refractivity contribution < 1.29 is 5.11 Å². The molecule has 0 fully saturated rings. The molecule has 0 amide bonds. The summed E-state index contributed by atoms with van der Waals surface area (Å²) >= 11 is 0. The number of anilines is 1. The Balaban J connectivity index is 2.16. The van der Waals surface area contributed by atoms with Crippen LogP contribution in [0.1, 0.15) is 20.3 Å². The molecular formula is C17H21N3O2. The van der Waals surface area contributed by atoms with Crippen LogP contribution in [0.3, 0.4) is 0 Å². The lowest BCUT2D eigenvalue weighted by Crippen LogP contribution is -2.37. The van der Waals surface area contributed by atoms with Gasteiger partial charge in [-0.2, -0.15) is 0 Å². The molecule has 0 unspecified atom stereocenters. The minimum atomic E-state index is -0.0846. The third-order valence-corrected chi connectivity index (χ3v) is 4.36. The summed E-state index contributed by atoms with van der Waals surface area (Å²) in [5.41, 5.74) is 3.36. The largest absolute Gasteiger partial charge is 0.395 e. The Hall–Kier alpha value is -2.14. The highest BCUT2D eigenvalue weighted by Gasteiger charge is 2.20. The van der Waals surface area contributed by atoms with Crippen LogP contribution in [-0.2, 0) is 6.54 Å². The lowest BCUT2D eigenvalue weighted by molar-refractivity contribution is 0.274. The minimum Gasteiger partial charge on any atom is -0.395 e. The number of aliphatic hydroxyl groups excluding tert-OH is 1. The van der Waals surface area contributed by atoms with Gasteiger partial charge >= 0.3 is 0 Å². The van der Waals surface area contributed by atoms with E-state index in [4.69, 9.17) is 4.98 Å². The van der Waals surface area contributed by atoms with Gasteiger partial charge in [-0.05, 0) is 32.4 Å². The lowest BCUT2D eigenvalue weighted by atomic mass is 10.0. The Morgan fingerprint density at radius 2 is 2.00 bits per heavy atom. The molecule has 1 aromatic heterocycles. The van der Waals surface area contributed by atoms with Gasteiger partial charge in [-0.25, -0.2) is 4.98 Å². The maximum absolute atomic E-state index is 12.7. The third kappa shape index (κ3) is 2.52. The van der Waals surface area contributed by atoms with E-state index < -0.39 is 0 Å². The van der Waals surface area contributed by atoms with Crippen LogP contribution >= 0.6 is 0 Å². The summed E-state index contributed by atoms with van der Waals surface area (Å²) in [5, 5.41) is 9.92. The fourth-order valence-corrected chi connectivity index (χ4v) is 2.89. The zero-order valence-corrected chi connectivity index (χ0v) is 13.0. The Kier molecular flexibility index (Phi) is 3.98. The van der Waals surface area contributed by atoms with Crippen LogP contribution in [0.2, 0.25) is 0 Å². The molecule has 3 rings (SSSR count). The zero-order chi connectivity index (χ0) is 15.7. The number of para-hydroxylation sites is 1. The first-order valence-electron chi connectivity index (χ1n) is 7.62. The zero-order valence-electron chi connectivity index (χ0n) is 13.0. The smallest absolute Gasteiger partial charge is 0.262 e. The first-order valence-corrected chi connectivity index (χ1v) is 7.62. The molecule has 0 atom stereocenters. The second kappa shape index (κ2) is 5.93. The summed E-state index contributed by atoms with van der Waals surface area (Å²) in [6, 6.07) is 7.38. The normalized spacial score (nSPS) is 15.7. The molecular weight excluding hydrogens is 278 g/mol. The molecule has 0 radical (unpaired) electrons. The number of aliphatic hydroxyl groups is 1. The van der Waals surface area contributed by atoms with Crippen molar-refractivity contribution in [1.82, 2.24) is 9.55 Å². The van der Waals surface area contributed by atoms with Crippen molar-refractivity contribution in [3.05, 3.63) is 45.8 Å². The summed E-state index contributed by atoms with van der Waals surface area (Å²) in [6.07, 6.45) is 0.980. The SMILES string of the molecule is CC1=C(C)CN(c2nc3ccccc3c(=O)n2CCO)CC1. The van der Waals surface area contributed by atoms with Crippen molar-refractivity contribution >= 4 is 16.9 Å². The van der Waals surface area contributed by atoms with Gasteiger partial charge in [-0.15, -0.1) is 0 Å². The van der Waals surface area contributed by atoms with Crippen molar-refractivity contribution in [2.45, 2.75) is 26.8 Å². The maximum atomic E-state index is 12.7. The van der Waals surface area contributed by atoms with Gasteiger partial charge in [-0.1, -0.05) is 23.3 Å². The highest BCUT2D eigenvalue weighted by Crippen LogP contribution is 2.22. The molecule has 5 nitrogen and oxygen atoms in total. The van der Waals surface area contributed by atoms with Gasteiger partial charge in [0.25, 0.3) is 5.56 Å². The number of fused-ring (bicyclic) bond motifs is 1. The van der Waals surface area contributed by atoms with E-state index in [9.17, 15) is 9.90 Å². The quantitative estimate of drug-likeness (QED) is 0.880. The van der Waals surface area contributed by atoms with Gasteiger partial charge in [0.05, 0.1) is 24.1 Å². The van der Waals surface area contributed by atoms with Crippen LogP contribution in [0.25, 0.3) is 10.9 Å². The summed E-state index contributed by atoms with van der Waals surface area (Å²) in [7, 11) is 0. The Labute approximate surface area is 129 Å². The molecule has 1 aliphatic rings. The van der Waals surface area contributed by atoms with E-state index in [1.165, 1.54) is 11.1 Å². The number of rotatable bonds is 3. The molecule has 1 aliphatic heterocycles. The lowest BCUT2D eigenvalue weighted by Gasteiger charge is -2.31. The van der Waals surface area contributed by atoms with Crippen molar-refractivity contribution in [2.24, 2.45) is 0 Å². The number of benzene rings is 1. The van der Waals surface area contributed by atoms with Crippen LogP contribution in [0, 0.1) is 0 Å². The number of hydrogen-bond acceptors (Lipinski definition) is 4. The van der Waals surface area contributed by atoms with Crippen LogP contribution in [-0.4, -0.2) is 34.4 Å². The topological polar surface area (TPSA) is 58.4 Å². The van der Waals surface area contributed by atoms with E-state index in [1.807, 2.05) is 18.2 Å². The van der Waals surface area contributed by atoms with Gasteiger partial charge in [0, 0.05) is 13.1 Å². The third-order valence-electron chi connectivity index (χ3n) is 4.36. The van der Waals surface area contributed by atoms with Crippen molar-refractivity contribution in [2.75, 3.05) is 24.6 Å². The summed E-state index contributed by atoms with van der Waals surface area (Å²) in [5.74, 6) is 0.657. The average molecular weight is 299 g/mol. The highest BCUT2D eigenvalue weighted by molar-refractivity contribution is 5.78. The second-order valence-electron chi connectivity index (χ2n) is 5.84. The Morgan fingerprint density at radius 1 is 1.23 bits per heavy atom. The van der Waals surface area contributed by atoms with E-state index >= 15 is 0 Å². The summed E-state index contributed by atoms with van der Waals surface area (Å²) in [4.78, 5) is 19.5. The van der Waals surface area contributed by atoms with Gasteiger partial charge in [0.2, 0.25) is 5.95 Å². The predicted octanol–water partition coefficient (Wildman–Crippen LogP) is 1.94. The van der Waals surface area contributed by atoms with E-state index in [2.05, 4.69) is 18.7 Å². The first-order chi connectivity index (χ1) is 10.6. The molecule has 22 heavy (non-hydrogen) atoms. The molecule has 116 valence electrons. The van der Waals surface area contributed by atoms with Crippen LogP contribution in [0.5, 0.6) is 0 Å². The van der Waals surface area contributed by atoms with E-state index in [0.29, 0.717) is 16.9 Å². The first kappa shape index (κ1) is 14.8. The standard InChI is InChI=1S/C17H21N3O2/c1-12-7-8-19(11-13(12)2)17-18-15-6-4-3-5-14(15)16(22)20(17)9-10-21/h3-6,21H,7-11H2,1-2H3. The van der Waals surface area contributed by atoms with Gasteiger partial charge in [0.1, 0.15) is 0 Å². The molecule has 0 saturated carbocycles. The number of nitrogens with zero attached hydrogens (tertiary/aromatic N) is 3. The van der Waals surface area contributed by atoms with Gasteiger partial charge < -0.3 is 10.0 Å². The molecule has 0 spiro atoms. The molecule has 0 aliphatic carbocycles. The summed E-state index contributed by atoms with van der Waals surface area (Å²) < 4.78 is 1.59. The molecule has 5 heteroatoms. The van der Waals surface area contributed by atoms with E-state index in [1.54, 1.807) is 10.6 Å². The van der Waals surface area contributed by atoms with Crippen molar-refractivity contribution in [3.8, 4) is 0 Å². The summed E-state index contributed by atoms with van der Waals surface area (Å²) in [6.45, 7) is 6.10. The minimum absolute atomic E-state index is 0.0748. The Morgan fingerprint density at radius 3 is 2.73 bits per heavy atom. The van der Waals surface area contributed by atoms with Crippen LogP contribution < -0.4 is 10.5 Å². The molecule has 2 heterocycles. The molecule has 1 N–H and O–H groups in total. The van der Waals surface area contributed by atoms with Crippen LogP contribution in [0.4, 0.5) is 5.95 Å². The van der Waals surface area contributed by atoms with E-state index in [0.717, 1.165) is 19.5 Å². The van der Waals surface area contributed by atoms with E-state index in [-0.39, 0.29) is 18.7 Å². The molecule has 0 saturated heterocycles. The fraction of sp³-hybridized carbons (Fsp3) is 0.412. The number of aromatic nitrogens is 2. The molecule has 2 aromatic rings. The fourth-order valence-electron chi connectivity index (χ4n) is 2.89. The second-order valence-corrected chi connectivity index (χ2v) is 5.84. The van der Waals surface area contributed by atoms with Crippen molar-refractivity contribution in [1.29, 1.82) is 0 Å². The monoisotopic (exact) mass is 299 g/mol. The predicted molar refractivity (Wildman–Crippen MR) is 88.3 cm³/mol. The van der Waals surface area contributed by atoms with Crippen molar-refractivity contribution in [3.63, 3.8) is 0 Å². The Bertz CT molecular complexity index is 792. The molecule has 0 bridgehead atoms. The number of hydrogen-bond donors (Lipinski definition) is 1.